The Morgan fingerprint density at radius 3 is 2.71 bits per heavy atom. The Balaban J connectivity index is 0.000000686. The third-order valence-corrected chi connectivity index (χ3v) is 2.63. The highest BCUT2D eigenvalue weighted by molar-refractivity contribution is 5.71. The highest BCUT2D eigenvalue weighted by atomic mass is 16.6. The SMILES string of the molecule is CC.CNc1cc2c(cc1[N+](=O)[O-])NCCC2. The van der Waals surface area contributed by atoms with Crippen LogP contribution in [0.3, 0.4) is 0 Å². The zero-order valence-electron chi connectivity index (χ0n) is 10.5. The molecule has 0 unspecified atom stereocenters. The van der Waals surface area contributed by atoms with Crippen LogP contribution in [0.2, 0.25) is 0 Å². The molecule has 1 aromatic rings. The summed E-state index contributed by atoms with van der Waals surface area (Å²) in [5.41, 5.74) is 2.76. The molecule has 5 nitrogen and oxygen atoms in total. The molecule has 0 atom stereocenters. The van der Waals surface area contributed by atoms with Crippen LogP contribution in [0.5, 0.6) is 0 Å². The Hall–Kier alpha value is -1.78. The van der Waals surface area contributed by atoms with Gasteiger partial charge in [0.2, 0.25) is 0 Å². The molecular weight excluding hydrogens is 218 g/mol. The van der Waals surface area contributed by atoms with Gasteiger partial charge in [0.05, 0.1) is 4.92 Å². The molecule has 1 aliphatic rings. The van der Waals surface area contributed by atoms with Crippen molar-refractivity contribution in [1.29, 1.82) is 0 Å². The number of hydrogen-bond donors (Lipinski definition) is 2. The van der Waals surface area contributed by atoms with E-state index < -0.39 is 0 Å². The standard InChI is InChI=1S/C10H13N3O2.C2H6/c1-11-9-5-7-3-2-4-12-8(7)6-10(9)13(14)15;1-2/h5-6,11-12H,2-4H2,1H3;1-2H3. The van der Waals surface area contributed by atoms with Gasteiger partial charge in [0, 0.05) is 25.3 Å². The number of aryl methyl sites for hydroxylation is 1. The molecule has 0 amide bonds. The van der Waals surface area contributed by atoms with Gasteiger partial charge in [-0.25, -0.2) is 0 Å². The number of fused-ring (bicyclic) bond motifs is 1. The molecule has 0 spiro atoms. The van der Waals surface area contributed by atoms with Gasteiger partial charge in [-0.15, -0.1) is 0 Å². The number of benzene rings is 1. The molecule has 0 aliphatic carbocycles. The average molecular weight is 237 g/mol. The molecular formula is C12H19N3O2. The van der Waals surface area contributed by atoms with Crippen molar-refractivity contribution in [1.82, 2.24) is 0 Å². The third-order valence-electron chi connectivity index (χ3n) is 2.63. The van der Waals surface area contributed by atoms with E-state index in [1.807, 2.05) is 19.9 Å². The molecule has 5 heteroatoms. The lowest BCUT2D eigenvalue weighted by atomic mass is 10.0. The summed E-state index contributed by atoms with van der Waals surface area (Å²) in [6, 6.07) is 3.47. The molecule has 0 radical (unpaired) electrons. The van der Waals surface area contributed by atoms with Gasteiger partial charge in [0.1, 0.15) is 5.69 Å². The number of nitro benzene ring substituents is 1. The Bertz CT molecular complexity index is 405. The zero-order chi connectivity index (χ0) is 12.8. The largest absolute Gasteiger partial charge is 0.385 e. The van der Waals surface area contributed by atoms with Gasteiger partial charge >= 0.3 is 0 Å². The second kappa shape index (κ2) is 6.08. The first-order chi connectivity index (χ1) is 8.22. The average Bonchev–Trinajstić information content (AvgIpc) is 2.39. The van der Waals surface area contributed by atoms with Crippen molar-refractivity contribution in [2.75, 3.05) is 24.2 Å². The second-order valence-corrected chi connectivity index (χ2v) is 3.56. The predicted molar refractivity (Wildman–Crippen MR) is 70.8 cm³/mol. The molecule has 2 N–H and O–H groups in total. The molecule has 1 aliphatic heterocycles. The van der Waals surface area contributed by atoms with Crippen molar-refractivity contribution < 1.29 is 4.92 Å². The number of rotatable bonds is 2. The first kappa shape index (κ1) is 13.3. The fourth-order valence-corrected chi connectivity index (χ4v) is 1.86. The van der Waals surface area contributed by atoms with Crippen molar-refractivity contribution in [3.63, 3.8) is 0 Å². The van der Waals surface area contributed by atoms with Crippen LogP contribution in [-0.4, -0.2) is 18.5 Å². The van der Waals surface area contributed by atoms with Crippen LogP contribution in [0.4, 0.5) is 17.1 Å². The number of anilines is 2. The molecule has 1 aromatic carbocycles. The minimum Gasteiger partial charge on any atom is -0.385 e. The summed E-state index contributed by atoms with van der Waals surface area (Å²) < 4.78 is 0. The summed E-state index contributed by atoms with van der Waals surface area (Å²) in [5, 5.41) is 16.8. The van der Waals surface area contributed by atoms with Gasteiger partial charge in [-0.3, -0.25) is 10.1 Å². The van der Waals surface area contributed by atoms with Gasteiger partial charge in [-0.2, -0.15) is 0 Å². The van der Waals surface area contributed by atoms with E-state index in [1.54, 1.807) is 13.1 Å². The summed E-state index contributed by atoms with van der Waals surface area (Å²) in [4.78, 5) is 10.4. The number of hydrogen-bond acceptors (Lipinski definition) is 4. The Kier molecular flexibility index (Phi) is 4.75. The lowest BCUT2D eigenvalue weighted by Gasteiger charge is -2.18. The molecule has 1 heterocycles. The monoisotopic (exact) mass is 237 g/mol. The fraction of sp³-hybridized carbons (Fsp3) is 0.500. The summed E-state index contributed by atoms with van der Waals surface area (Å²) in [6.45, 7) is 4.89. The first-order valence-corrected chi connectivity index (χ1v) is 5.95. The maximum atomic E-state index is 10.8. The minimum absolute atomic E-state index is 0.130. The van der Waals surface area contributed by atoms with Crippen LogP contribution in [0.25, 0.3) is 0 Å². The van der Waals surface area contributed by atoms with Crippen LogP contribution < -0.4 is 10.6 Å². The van der Waals surface area contributed by atoms with Crippen molar-refractivity contribution in [3.8, 4) is 0 Å². The quantitative estimate of drug-likeness (QED) is 0.613. The van der Waals surface area contributed by atoms with Crippen LogP contribution in [0.1, 0.15) is 25.8 Å². The Morgan fingerprint density at radius 1 is 1.41 bits per heavy atom. The summed E-state index contributed by atoms with van der Waals surface area (Å²) in [7, 11) is 1.70. The molecule has 0 bridgehead atoms. The van der Waals surface area contributed by atoms with Gasteiger partial charge < -0.3 is 10.6 Å². The van der Waals surface area contributed by atoms with Crippen LogP contribution in [-0.2, 0) is 6.42 Å². The van der Waals surface area contributed by atoms with Crippen LogP contribution in [0, 0.1) is 10.1 Å². The van der Waals surface area contributed by atoms with E-state index in [4.69, 9.17) is 0 Å². The maximum Gasteiger partial charge on any atom is 0.294 e. The first-order valence-electron chi connectivity index (χ1n) is 5.95. The van der Waals surface area contributed by atoms with Crippen molar-refractivity contribution >= 4 is 17.1 Å². The van der Waals surface area contributed by atoms with Gasteiger partial charge in [-0.1, -0.05) is 13.8 Å². The molecule has 0 saturated carbocycles. The lowest BCUT2D eigenvalue weighted by Crippen LogP contribution is -2.12. The number of nitrogens with one attached hydrogen (secondary N) is 2. The fourth-order valence-electron chi connectivity index (χ4n) is 1.86. The van der Waals surface area contributed by atoms with Gasteiger partial charge in [-0.05, 0) is 24.5 Å². The van der Waals surface area contributed by atoms with Gasteiger partial charge in [0.15, 0.2) is 0 Å². The number of nitro groups is 1. The van der Waals surface area contributed by atoms with Gasteiger partial charge in [0.25, 0.3) is 5.69 Å². The van der Waals surface area contributed by atoms with E-state index in [9.17, 15) is 10.1 Å². The van der Waals surface area contributed by atoms with Crippen molar-refractivity contribution in [2.45, 2.75) is 26.7 Å². The molecule has 0 saturated heterocycles. The highest BCUT2D eigenvalue weighted by Gasteiger charge is 2.18. The molecule has 0 fully saturated rings. The Morgan fingerprint density at radius 2 is 2.12 bits per heavy atom. The molecule has 94 valence electrons. The molecule has 17 heavy (non-hydrogen) atoms. The molecule has 0 aromatic heterocycles. The highest BCUT2D eigenvalue weighted by Crippen LogP contribution is 2.33. The summed E-state index contributed by atoms with van der Waals surface area (Å²) >= 11 is 0. The summed E-state index contributed by atoms with van der Waals surface area (Å²) in [5.74, 6) is 0. The topological polar surface area (TPSA) is 67.2 Å². The van der Waals surface area contributed by atoms with E-state index in [0.717, 1.165) is 30.6 Å². The van der Waals surface area contributed by atoms with E-state index in [0.29, 0.717) is 5.69 Å². The lowest BCUT2D eigenvalue weighted by molar-refractivity contribution is -0.383. The third kappa shape index (κ3) is 2.87. The molecule has 2 rings (SSSR count). The normalized spacial score (nSPS) is 12.6. The smallest absolute Gasteiger partial charge is 0.294 e. The Labute approximate surface area is 101 Å². The van der Waals surface area contributed by atoms with E-state index in [1.165, 1.54) is 0 Å². The van der Waals surface area contributed by atoms with Crippen LogP contribution >= 0.6 is 0 Å². The minimum atomic E-state index is -0.359. The van der Waals surface area contributed by atoms with Crippen molar-refractivity contribution in [3.05, 3.63) is 27.8 Å². The zero-order valence-corrected chi connectivity index (χ0v) is 10.5. The maximum absolute atomic E-state index is 10.8. The predicted octanol–water partition coefficient (Wildman–Crippen LogP) is 3.02. The van der Waals surface area contributed by atoms with E-state index in [-0.39, 0.29) is 10.6 Å². The van der Waals surface area contributed by atoms with E-state index >= 15 is 0 Å². The van der Waals surface area contributed by atoms with E-state index in [2.05, 4.69) is 10.6 Å². The number of nitrogens with zero attached hydrogens (tertiary/aromatic N) is 1. The van der Waals surface area contributed by atoms with Crippen molar-refractivity contribution in [2.24, 2.45) is 0 Å². The second-order valence-electron chi connectivity index (χ2n) is 3.56. The summed E-state index contributed by atoms with van der Waals surface area (Å²) in [6.07, 6.45) is 2.06. The van der Waals surface area contributed by atoms with Crippen LogP contribution in [0.15, 0.2) is 12.1 Å².